The Morgan fingerprint density at radius 1 is 1.24 bits per heavy atom. The first-order chi connectivity index (χ1) is 9.96. The fourth-order valence-electron chi connectivity index (χ4n) is 2.29. The SMILES string of the molecule is CCNC(CCOc1cccc(C)c1)CCC(C)(C)OC. The summed E-state index contributed by atoms with van der Waals surface area (Å²) in [5.74, 6) is 0.961. The second kappa shape index (κ2) is 9.06. The van der Waals surface area contributed by atoms with Gasteiger partial charge < -0.3 is 14.8 Å². The van der Waals surface area contributed by atoms with Crippen LogP contribution in [-0.4, -0.2) is 31.9 Å². The van der Waals surface area contributed by atoms with Crippen molar-refractivity contribution in [1.29, 1.82) is 0 Å². The smallest absolute Gasteiger partial charge is 0.119 e. The molecule has 3 nitrogen and oxygen atoms in total. The Hall–Kier alpha value is -1.06. The summed E-state index contributed by atoms with van der Waals surface area (Å²) in [7, 11) is 1.78. The number of hydrogen-bond donors (Lipinski definition) is 1. The molecule has 0 radical (unpaired) electrons. The van der Waals surface area contributed by atoms with Gasteiger partial charge in [-0.15, -0.1) is 0 Å². The zero-order chi connectivity index (χ0) is 15.7. The van der Waals surface area contributed by atoms with Gasteiger partial charge in [-0.1, -0.05) is 19.1 Å². The molecule has 21 heavy (non-hydrogen) atoms. The summed E-state index contributed by atoms with van der Waals surface area (Å²) in [5, 5.41) is 3.54. The van der Waals surface area contributed by atoms with Gasteiger partial charge in [0.05, 0.1) is 12.2 Å². The molecule has 1 rings (SSSR count). The van der Waals surface area contributed by atoms with E-state index in [-0.39, 0.29) is 5.60 Å². The van der Waals surface area contributed by atoms with E-state index in [0.29, 0.717) is 6.04 Å². The Kier molecular flexibility index (Phi) is 7.76. The molecule has 0 aromatic heterocycles. The topological polar surface area (TPSA) is 30.5 Å². The highest BCUT2D eigenvalue weighted by atomic mass is 16.5. The lowest BCUT2D eigenvalue weighted by Gasteiger charge is -2.26. The number of aryl methyl sites for hydroxylation is 1. The predicted octanol–water partition coefficient (Wildman–Crippen LogP) is 3.95. The van der Waals surface area contributed by atoms with E-state index < -0.39 is 0 Å². The molecule has 120 valence electrons. The van der Waals surface area contributed by atoms with Gasteiger partial charge in [0.2, 0.25) is 0 Å². The second-order valence-electron chi connectivity index (χ2n) is 6.21. The molecule has 1 aromatic rings. The first-order valence-electron chi connectivity index (χ1n) is 7.95. The zero-order valence-corrected chi connectivity index (χ0v) is 14.2. The number of ether oxygens (including phenoxy) is 2. The highest BCUT2D eigenvalue weighted by Gasteiger charge is 2.18. The Balaban J connectivity index is 2.37. The van der Waals surface area contributed by atoms with Crippen LogP contribution in [0.1, 0.15) is 45.6 Å². The van der Waals surface area contributed by atoms with E-state index in [1.807, 2.05) is 12.1 Å². The summed E-state index contributed by atoms with van der Waals surface area (Å²) < 4.78 is 11.3. The van der Waals surface area contributed by atoms with Crippen LogP contribution < -0.4 is 10.1 Å². The van der Waals surface area contributed by atoms with E-state index >= 15 is 0 Å². The summed E-state index contributed by atoms with van der Waals surface area (Å²) in [6.07, 6.45) is 3.17. The van der Waals surface area contributed by atoms with Gasteiger partial charge in [0.15, 0.2) is 0 Å². The van der Waals surface area contributed by atoms with E-state index in [1.165, 1.54) is 5.56 Å². The van der Waals surface area contributed by atoms with Crippen LogP contribution >= 0.6 is 0 Å². The molecule has 1 N–H and O–H groups in total. The third kappa shape index (κ3) is 7.49. The van der Waals surface area contributed by atoms with Crippen molar-refractivity contribution in [2.45, 2.75) is 58.6 Å². The molecule has 0 heterocycles. The zero-order valence-electron chi connectivity index (χ0n) is 14.2. The Morgan fingerprint density at radius 3 is 2.62 bits per heavy atom. The van der Waals surface area contributed by atoms with Gasteiger partial charge >= 0.3 is 0 Å². The van der Waals surface area contributed by atoms with Crippen molar-refractivity contribution in [1.82, 2.24) is 5.32 Å². The average Bonchev–Trinajstić information content (AvgIpc) is 2.45. The van der Waals surface area contributed by atoms with Crippen LogP contribution in [0.4, 0.5) is 0 Å². The summed E-state index contributed by atoms with van der Waals surface area (Å²) in [5.41, 5.74) is 1.18. The van der Waals surface area contributed by atoms with Crippen molar-refractivity contribution >= 4 is 0 Å². The number of benzene rings is 1. The maximum atomic E-state index is 5.85. The summed E-state index contributed by atoms with van der Waals surface area (Å²) in [6.45, 7) is 10.2. The molecule has 0 aliphatic heterocycles. The Morgan fingerprint density at radius 2 is 2.00 bits per heavy atom. The monoisotopic (exact) mass is 293 g/mol. The normalized spacial score (nSPS) is 13.2. The maximum Gasteiger partial charge on any atom is 0.119 e. The summed E-state index contributed by atoms with van der Waals surface area (Å²) in [4.78, 5) is 0. The van der Waals surface area contributed by atoms with Crippen LogP contribution in [0.3, 0.4) is 0 Å². The molecule has 0 amide bonds. The largest absolute Gasteiger partial charge is 0.494 e. The van der Waals surface area contributed by atoms with E-state index in [4.69, 9.17) is 9.47 Å². The van der Waals surface area contributed by atoms with Crippen LogP contribution in [0.15, 0.2) is 24.3 Å². The van der Waals surface area contributed by atoms with Crippen molar-refractivity contribution in [3.05, 3.63) is 29.8 Å². The summed E-state index contributed by atoms with van der Waals surface area (Å²) in [6, 6.07) is 8.70. The molecule has 0 saturated heterocycles. The quantitative estimate of drug-likeness (QED) is 0.708. The van der Waals surface area contributed by atoms with Crippen molar-refractivity contribution in [2.75, 3.05) is 20.3 Å². The molecule has 0 bridgehead atoms. The molecule has 1 unspecified atom stereocenters. The Labute approximate surface area is 130 Å². The highest BCUT2D eigenvalue weighted by Crippen LogP contribution is 2.18. The number of methoxy groups -OCH3 is 1. The average molecular weight is 293 g/mol. The molecule has 1 atom stereocenters. The molecule has 0 fully saturated rings. The number of hydrogen-bond acceptors (Lipinski definition) is 3. The fourth-order valence-corrected chi connectivity index (χ4v) is 2.29. The third-order valence-corrected chi connectivity index (χ3v) is 3.86. The maximum absolute atomic E-state index is 5.85. The molecule has 0 saturated carbocycles. The van der Waals surface area contributed by atoms with Gasteiger partial charge in [0.1, 0.15) is 5.75 Å². The van der Waals surface area contributed by atoms with E-state index in [9.17, 15) is 0 Å². The van der Waals surface area contributed by atoms with E-state index in [2.05, 4.69) is 45.1 Å². The van der Waals surface area contributed by atoms with Crippen molar-refractivity contribution in [3.63, 3.8) is 0 Å². The lowest BCUT2D eigenvalue weighted by atomic mass is 9.97. The number of nitrogens with one attached hydrogen (secondary N) is 1. The molecule has 1 aromatic carbocycles. The van der Waals surface area contributed by atoms with E-state index in [0.717, 1.165) is 38.2 Å². The van der Waals surface area contributed by atoms with Crippen LogP contribution in [0, 0.1) is 6.92 Å². The van der Waals surface area contributed by atoms with E-state index in [1.54, 1.807) is 7.11 Å². The van der Waals surface area contributed by atoms with Gasteiger partial charge in [-0.3, -0.25) is 0 Å². The van der Waals surface area contributed by atoms with Gasteiger partial charge in [-0.25, -0.2) is 0 Å². The van der Waals surface area contributed by atoms with Crippen LogP contribution in [0.5, 0.6) is 5.75 Å². The Bertz CT molecular complexity index is 404. The van der Waals surface area contributed by atoms with Crippen LogP contribution in [0.2, 0.25) is 0 Å². The van der Waals surface area contributed by atoms with Gasteiger partial charge in [-0.2, -0.15) is 0 Å². The highest BCUT2D eigenvalue weighted by molar-refractivity contribution is 5.27. The van der Waals surface area contributed by atoms with Crippen molar-refractivity contribution in [3.8, 4) is 5.75 Å². The molecular formula is C18H31NO2. The standard InChI is InChI=1S/C18H31NO2/c1-6-19-16(10-12-18(3,4)20-5)11-13-21-17-9-7-8-15(2)14-17/h7-9,14,16,19H,6,10-13H2,1-5H3. The number of rotatable bonds is 10. The summed E-state index contributed by atoms with van der Waals surface area (Å²) >= 11 is 0. The van der Waals surface area contributed by atoms with Crippen LogP contribution in [0.25, 0.3) is 0 Å². The lowest BCUT2D eigenvalue weighted by Crippen LogP contribution is -2.33. The lowest BCUT2D eigenvalue weighted by molar-refractivity contribution is 0.0112. The van der Waals surface area contributed by atoms with Gasteiger partial charge in [-0.05, 0) is 64.3 Å². The first kappa shape index (κ1) is 18.0. The molecule has 0 aliphatic carbocycles. The van der Waals surface area contributed by atoms with Crippen molar-refractivity contribution in [2.24, 2.45) is 0 Å². The minimum atomic E-state index is -0.0505. The van der Waals surface area contributed by atoms with Gasteiger partial charge in [0, 0.05) is 13.2 Å². The van der Waals surface area contributed by atoms with Crippen molar-refractivity contribution < 1.29 is 9.47 Å². The third-order valence-electron chi connectivity index (χ3n) is 3.86. The predicted molar refractivity (Wildman–Crippen MR) is 89.1 cm³/mol. The molecule has 0 spiro atoms. The minimum absolute atomic E-state index is 0.0505. The molecular weight excluding hydrogens is 262 g/mol. The van der Waals surface area contributed by atoms with Gasteiger partial charge in [0.25, 0.3) is 0 Å². The fraction of sp³-hybridized carbons (Fsp3) is 0.667. The first-order valence-corrected chi connectivity index (χ1v) is 7.95. The van der Waals surface area contributed by atoms with Crippen LogP contribution in [-0.2, 0) is 4.74 Å². The second-order valence-corrected chi connectivity index (χ2v) is 6.21. The minimum Gasteiger partial charge on any atom is -0.494 e. The molecule has 0 aliphatic rings. The molecule has 3 heteroatoms.